The van der Waals surface area contributed by atoms with Crippen LogP contribution in [0.4, 0.5) is 11.4 Å². The van der Waals surface area contributed by atoms with Crippen molar-refractivity contribution in [3.05, 3.63) is 33.9 Å². The number of anilines is 1. The number of nitrogens with one attached hydrogen (secondary N) is 2. The van der Waals surface area contributed by atoms with Crippen LogP contribution in [0.2, 0.25) is 0 Å². The highest BCUT2D eigenvalue weighted by atomic mass is 16.6. The second-order valence-corrected chi connectivity index (χ2v) is 5.51. The van der Waals surface area contributed by atoms with E-state index in [0.717, 1.165) is 12.8 Å². The molecule has 1 aliphatic carbocycles. The SMILES string of the molecule is CCNC(=O)c1ccc([N+](=O)[O-])c(NCC2(C)CC2)c1. The topological polar surface area (TPSA) is 84.3 Å². The maximum absolute atomic E-state index is 11.8. The molecule has 6 nitrogen and oxygen atoms in total. The Morgan fingerprint density at radius 2 is 2.15 bits per heavy atom. The van der Waals surface area contributed by atoms with E-state index < -0.39 is 4.92 Å². The van der Waals surface area contributed by atoms with E-state index in [4.69, 9.17) is 0 Å². The molecule has 6 heteroatoms. The van der Waals surface area contributed by atoms with Crippen LogP contribution in [0, 0.1) is 15.5 Å². The minimum absolute atomic E-state index is 0.00213. The summed E-state index contributed by atoms with van der Waals surface area (Å²) in [6, 6.07) is 4.41. The monoisotopic (exact) mass is 277 g/mol. The van der Waals surface area contributed by atoms with Crippen molar-refractivity contribution in [1.29, 1.82) is 0 Å². The molecular formula is C14H19N3O3. The van der Waals surface area contributed by atoms with E-state index in [1.165, 1.54) is 12.1 Å². The number of carbonyl (C=O) groups excluding carboxylic acids is 1. The Balaban J connectivity index is 2.21. The van der Waals surface area contributed by atoms with Crippen molar-refractivity contribution in [3.8, 4) is 0 Å². The molecule has 0 radical (unpaired) electrons. The van der Waals surface area contributed by atoms with Crippen molar-refractivity contribution in [2.75, 3.05) is 18.4 Å². The lowest BCUT2D eigenvalue weighted by molar-refractivity contribution is -0.384. The number of carbonyl (C=O) groups is 1. The fraction of sp³-hybridized carbons (Fsp3) is 0.500. The van der Waals surface area contributed by atoms with Crippen LogP contribution in [-0.2, 0) is 0 Å². The third-order valence-electron chi connectivity index (χ3n) is 3.60. The van der Waals surface area contributed by atoms with E-state index in [0.29, 0.717) is 24.3 Å². The summed E-state index contributed by atoms with van der Waals surface area (Å²) in [5.41, 5.74) is 1.07. The van der Waals surface area contributed by atoms with Crippen LogP contribution < -0.4 is 10.6 Å². The van der Waals surface area contributed by atoms with Crippen LogP contribution >= 0.6 is 0 Å². The molecule has 0 aliphatic heterocycles. The molecule has 0 heterocycles. The summed E-state index contributed by atoms with van der Waals surface area (Å²) in [5.74, 6) is -0.219. The highest BCUT2D eigenvalue weighted by molar-refractivity contribution is 5.95. The van der Waals surface area contributed by atoms with E-state index in [2.05, 4.69) is 17.6 Å². The first-order valence-corrected chi connectivity index (χ1v) is 6.76. The summed E-state index contributed by atoms with van der Waals surface area (Å²) >= 11 is 0. The molecule has 1 saturated carbocycles. The highest BCUT2D eigenvalue weighted by Gasteiger charge is 2.37. The average Bonchev–Trinajstić information content (AvgIpc) is 3.14. The van der Waals surface area contributed by atoms with Gasteiger partial charge in [0.05, 0.1) is 4.92 Å². The van der Waals surface area contributed by atoms with Gasteiger partial charge in [-0.1, -0.05) is 6.92 Å². The van der Waals surface area contributed by atoms with Crippen molar-refractivity contribution in [2.24, 2.45) is 5.41 Å². The maximum atomic E-state index is 11.8. The molecule has 108 valence electrons. The standard InChI is InChI=1S/C14H19N3O3/c1-3-15-13(18)10-4-5-12(17(19)20)11(8-10)16-9-14(2)6-7-14/h4-5,8,16H,3,6-7,9H2,1-2H3,(H,15,18). The molecule has 0 unspecified atom stereocenters. The smallest absolute Gasteiger partial charge is 0.292 e. The lowest BCUT2D eigenvalue weighted by Crippen LogP contribution is -2.23. The van der Waals surface area contributed by atoms with Crippen molar-refractivity contribution in [3.63, 3.8) is 0 Å². The largest absolute Gasteiger partial charge is 0.379 e. The molecule has 1 aliphatic rings. The number of rotatable bonds is 6. The van der Waals surface area contributed by atoms with Gasteiger partial charge in [0.25, 0.3) is 11.6 Å². The van der Waals surface area contributed by atoms with Gasteiger partial charge < -0.3 is 10.6 Å². The van der Waals surface area contributed by atoms with Crippen LogP contribution in [0.5, 0.6) is 0 Å². The quantitative estimate of drug-likeness (QED) is 0.618. The van der Waals surface area contributed by atoms with Crippen LogP contribution in [0.3, 0.4) is 0 Å². The Hall–Kier alpha value is -2.11. The molecule has 1 fully saturated rings. The number of nitrogens with zero attached hydrogens (tertiary/aromatic N) is 1. The van der Waals surface area contributed by atoms with Gasteiger partial charge in [0.1, 0.15) is 5.69 Å². The zero-order valence-corrected chi connectivity index (χ0v) is 11.7. The minimum Gasteiger partial charge on any atom is -0.379 e. The number of hydrogen-bond acceptors (Lipinski definition) is 4. The lowest BCUT2D eigenvalue weighted by atomic mass is 10.1. The fourth-order valence-corrected chi connectivity index (χ4v) is 1.94. The summed E-state index contributed by atoms with van der Waals surface area (Å²) in [5, 5.41) is 16.8. The highest BCUT2D eigenvalue weighted by Crippen LogP contribution is 2.45. The second-order valence-electron chi connectivity index (χ2n) is 5.51. The van der Waals surface area contributed by atoms with Crippen LogP contribution in [0.1, 0.15) is 37.0 Å². The van der Waals surface area contributed by atoms with Crippen molar-refractivity contribution in [1.82, 2.24) is 5.32 Å². The van der Waals surface area contributed by atoms with Gasteiger partial charge in [-0.3, -0.25) is 14.9 Å². The Morgan fingerprint density at radius 1 is 1.45 bits per heavy atom. The number of nitro benzene ring substituents is 1. The third-order valence-corrected chi connectivity index (χ3v) is 3.60. The maximum Gasteiger partial charge on any atom is 0.292 e. The van der Waals surface area contributed by atoms with Gasteiger partial charge in [0.2, 0.25) is 0 Å². The first-order valence-electron chi connectivity index (χ1n) is 6.76. The van der Waals surface area contributed by atoms with E-state index in [1.54, 1.807) is 6.07 Å². The average molecular weight is 277 g/mol. The molecule has 1 amide bonds. The number of amides is 1. The molecule has 1 aromatic carbocycles. The second kappa shape index (κ2) is 5.48. The van der Waals surface area contributed by atoms with E-state index in [-0.39, 0.29) is 17.0 Å². The van der Waals surface area contributed by atoms with Crippen molar-refractivity contribution < 1.29 is 9.72 Å². The Bertz CT molecular complexity index is 538. The molecule has 2 N–H and O–H groups in total. The Labute approximate surface area is 117 Å². The zero-order chi connectivity index (χ0) is 14.8. The van der Waals surface area contributed by atoms with Crippen LogP contribution in [-0.4, -0.2) is 23.9 Å². The van der Waals surface area contributed by atoms with Crippen LogP contribution in [0.25, 0.3) is 0 Å². The molecule has 2 rings (SSSR count). The summed E-state index contributed by atoms with van der Waals surface area (Å²) in [6.07, 6.45) is 2.26. The van der Waals surface area contributed by atoms with Crippen molar-refractivity contribution in [2.45, 2.75) is 26.7 Å². The summed E-state index contributed by atoms with van der Waals surface area (Å²) in [6.45, 7) is 5.18. The van der Waals surface area contributed by atoms with E-state index >= 15 is 0 Å². The molecule has 0 aromatic heterocycles. The summed E-state index contributed by atoms with van der Waals surface area (Å²) < 4.78 is 0. The molecule has 0 spiro atoms. The van der Waals surface area contributed by atoms with Gasteiger partial charge in [0.15, 0.2) is 0 Å². The van der Waals surface area contributed by atoms with Gasteiger partial charge in [0, 0.05) is 24.7 Å². The lowest BCUT2D eigenvalue weighted by Gasteiger charge is -2.12. The van der Waals surface area contributed by atoms with Gasteiger partial charge in [-0.15, -0.1) is 0 Å². The van der Waals surface area contributed by atoms with Gasteiger partial charge in [-0.2, -0.15) is 0 Å². The van der Waals surface area contributed by atoms with E-state index in [1.807, 2.05) is 6.92 Å². The van der Waals surface area contributed by atoms with Gasteiger partial charge in [-0.25, -0.2) is 0 Å². The zero-order valence-electron chi connectivity index (χ0n) is 11.7. The predicted octanol–water partition coefficient (Wildman–Crippen LogP) is 2.56. The van der Waals surface area contributed by atoms with Crippen molar-refractivity contribution >= 4 is 17.3 Å². The summed E-state index contributed by atoms with van der Waals surface area (Å²) in [7, 11) is 0. The normalized spacial score (nSPS) is 15.5. The first-order chi connectivity index (χ1) is 9.45. The Morgan fingerprint density at radius 3 is 2.70 bits per heavy atom. The third kappa shape index (κ3) is 3.26. The molecule has 20 heavy (non-hydrogen) atoms. The molecular weight excluding hydrogens is 258 g/mol. The number of nitro groups is 1. The molecule has 1 aromatic rings. The summed E-state index contributed by atoms with van der Waals surface area (Å²) in [4.78, 5) is 22.4. The van der Waals surface area contributed by atoms with Gasteiger partial charge in [-0.05, 0) is 37.3 Å². The molecule has 0 atom stereocenters. The minimum atomic E-state index is -0.431. The van der Waals surface area contributed by atoms with E-state index in [9.17, 15) is 14.9 Å². The molecule has 0 bridgehead atoms. The Kier molecular flexibility index (Phi) is 3.92. The van der Waals surface area contributed by atoms with Crippen LogP contribution in [0.15, 0.2) is 18.2 Å². The molecule has 0 saturated heterocycles. The fourth-order valence-electron chi connectivity index (χ4n) is 1.94. The number of benzene rings is 1. The first kappa shape index (κ1) is 14.3. The predicted molar refractivity (Wildman–Crippen MR) is 76.9 cm³/mol. The van der Waals surface area contributed by atoms with Gasteiger partial charge >= 0.3 is 0 Å². The number of hydrogen-bond donors (Lipinski definition) is 2.